The van der Waals surface area contributed by atoms with Crippen molar-refractivity contribution in [1.29, 1.82) is 0 Å². The third-order valence-electron chi connectivity index (χ3n) is 3.47. The average molecular weight is 332 g/mol. The minimum absolute atomic E-state index is 0. The third kappa shape index (κ3) is 15.6. The van der Waals surface area contributed by atoms with Crippen LogP contribution in [-0.4, -0.2) is 81.3 Å². The van der Waals surface area contributed by atoms with Gasteiger partial charge in [-0.3, -0.25) is 9.59 Å². The summed E-state index contributed by atoms with van der Waals surface area (Å²) in [5.74, 6) is -3.92. The van der Waals surface area contributed by atoms with Crippen molar-refractivity contribution >= 4 is 71.1 Å². The van der Waals surface area contributed by atoms with Gasteiger partial charge in [-0.05, 0) is 19.3 Å². The maximum absolute atomic E-state index is 10.8. The van der Waals surface area contributed by atoms with E-state index in [9.17, 15) is 9.59 Å². The number of unbranched alkanes of at least 4 members (excludes halogenated alkanes) is 7. The zero-order chi connectivity index (χ0) is 15.4. The Morgan fingerprint density at radius 1 is 0.864 bits per heavy atom. The molecule has 2 N–H and O–H groups in total. The molecule has 0 heterocycles. The van der Waals surface area contributed by atoms with Gasteiger partial charge >= 0.3 is 71.1 Å². The van der Waals surface area contributed by atoms with Crippen LogP contribution in [0.3, 0.4) is 0 Å². The van der Waals surface area contributed by atoms with E-state index in [4.69, 9.17) is 10.2 Å². The summed E-state index contributed by atoms with van der Waals surface area (Å²) in [6.45, 7) is 5.99. The van der Waals surface area contributed by atoms with Crippen molar-refractivity contribution in [3.8, 4) is 0 Å². The number of carboxylic acids is 2. The predicted molar refractivity (Wildman–Crippen MR) is 94.0 cm³/mol. The van der Waals surface area contributed by atoms with Gasteiger partial charge < -0.3 is 10.2 Å². The van der Waals surface area contributed by atoms with Gasteiger partial charge in [-0.15, -0.1) is 0 Å². The van der Waals surface area contributed by atoms with Crippen LogP contribution in [0.25, 0.3) is 0 Å². The Morgan fingerprint density at radius 2 is 1.27 bits per heavy atom. The van der Waals surface area contributed by atoms with Crippen LogP contribution in [0, 0.1) is 5.92 Å². The first-order chi connectivity index (χ1) is 9.49. The van der Waals surface area contributed by atoms with E-state index in [1.54, 1.807) is 0 Å². The molecule has 0 aliphatic rings. The van der Waals surface area contributed by atoms with E-state index in [1.165, 1.54) is 38.5 Å². The zero-order valence-corrected chi connectivity index (χ0v) is 12.6. The van der Waals surface area contributed by atoms with Crippen LogP contribution >= 0.6 is 0 Å². The summed E-state index contributed by atoms with van der Waals surface area (Å²) >= 11 is 0. The van der Waals surface area contributed by atoms with Gasteiger partial charge in [0.15, 0.2) is 5.92 Å². The van der Waals surface area contributed by atoms with Gasteiger partial charge in [-0.2, -0.15) is 0 Å². The molecule has 0 saturated carbocycles. The van der Waals surface area contributed by atoms with Crippen LogP contribution in [0.1, 0.15) is 71.1 Å². The molecule has 0 amide bonds. The van der Waals surface area contributed by atoms with Crippen LogP contribution in [-0.2, 0) is 9.59 Å². The summed E-state index contributed by atoms with van der Waals surface area (Å²) in [5, 5.41) is 17.6. The van der Waals surface area contributed by atoms with Gasteiger partial charge in [-0.1, -0.05) is 64.0 Å². The summed E-state index contributed by atoms with van der Waals surface area (Å²) in [6, 6.07) is 0. The van der Waals surface area contributed by atoms with Crippen molar-refractivity contribution in [2.75, 3.05) is 0 Å². The first-order valence-electron chi connectivity index (χ1n) is 7.61. The van der Waals surface area contributed by atoms with Gasteiger partial charge in [0.1, 0.15) is 0 Å². The molecule has 0 aliphatic heterocycles. The van der Waals surface area contributed by atoms with Gasteiger partial charge in [0.05, 0.1) is 0 Å². The second-order valence-electron chi connectivity index (χ2n) is 5.41. The molecule has 0 bridgehead atoms. The van der Waals surface area contributed by atoms with Crippen LogP contribution in [0.5, 0.6) is 0 Å². The number of aliphatic carboxylic acids is 2. The molecule has 0 aromatic heterocycles. The van der Waals surface area contributed by atoms with E-state index in [0.717, 1.165) is 24.8 Å². The van der Waals surface area contributed by atoms with E-state index >= 15 is 0 Å². The Hall–Kier alpha value is 0.680. The van der Waals surface area contributed by atoms with E-state index in [-0.39, 0.29) is 65.5 Å². The van der Waals surface area contributed by atoms with Crippen molar-refractivity contribution < 1.29 is 19.8 Å². The normalized spacial score (nSPS) is 9.73. The van der Waals surface area contributed by atoms with E-state index in [0.29, 0.717) is 0 Å². The summed E-state index contributed by atoms with van der Waals surface area (Å²) in [6.07, 6.45) is 10.5. The Balaban J connectivity index is -0.00000180. The molecule has 0 fully saturated rings. The topological polar surface area (TPSA) is 74.6 Å². The minimum atomic E-state index is -1.35. The SMILES string of the molecule is C=C(CCCCCCCCCC)CC(C(=O)O)C(=O)O.[NaH].[NaH]. The summed E-state index contributed by atoms with van der Waals surface area (Å²) in [7, 11) is 0. The molecule has 0 aromatic carbocycles. The Bertz CT molecular complexity index is 305. The maximum atomic E-state index is 10.8. The van der Waals surface area contributed by atoms with Crippen LogP contribution < -0.4 is 0 Å². The molecule has 0 atom stereocenters. The Kier molecular flexibility index (Phi) is 22.6. The number of carbonyl (C=O) groups is 2. The molecule has 0 aliphatic carbocycles. The Labute approximate surface area is 178 Å². The second-order valence-corrected chi connectivity index (χ2v) is 5.41. The van der Waals surface area contributed by atoms with Gasteiger partial charge in [0.2, 0.25) is 0 Å². The molecule has 0 rings (SSSR count). The third-order valence-corrected chi connectivity index (χ3v) is 3.47. The summed E-state index contributed by atoms with van der Waals surface area (Å²) < 4.78 is 0. The number of carboxylic acid groups (broad SMARTS) is 2. The first kappa shape index (κ1) is 27.5. The number of hydrogen-bond acceptors (Lipinski definition) is 2. The molecule has 0 unspecified atom stereocenters. The number of allylic oxidation sites excluding steroid dienone is 1. The Morgan fingerprint density at radius 3 is 1.68 bits per heavy atom. The van der Waals surface area contributed by atoms with Crippen molar-refractivity contribution in [3.63, 3.8) is 0 Å². The fourth-order valence-corrected chi connectivity index (χ4v) is 2.18. The number of hydrogen-bond donors (Lipinski definition) is 2. The predicted octanol–water partition coefficient (Wildman–Crippen LogP) is 2.95. The molecule has 0 radical (unpaired) electrons. The summed E-state index contributed by atoms with van der Waals surface area (Å²) in [4.78, 5) is 21.5. The molecule has 120 valence electrons. The van der Waals surface area contributed by atoms with Crippen molar-refractivity contribution in [2.45, 2.75) is 71.1 Å². The van der Waals surface area contributed by atoms with Gasteiger partial charge in [0.25, 0.3) is 0 Å². The van der Waals surface area contributed by atoms with Crippen molar-refractivity contribution in [1.82, 2.24) is 0 Å². The van der Waals surface area contributed by atoms with E-state index in [2.05, 4.69) is 13.5 Å². The summed E-state index contributed by atoms with van der Waals surface area (Å²) in [5.41, 5.74) is 0.728. The number of rotatable bonds is 13. The molecule has 0 saturated heterocycles. The van der Waals surface area contributed by atoms with Crippen LogP contribution in [0.15, 0.2) is 12.2 Å². The fraction of sp³-hybridized carbons (Fsp3) is 0.750. The molecule has 22 heavy (non-hydrogen) atoms. The second kappa shape index (κ2) is 18.0. The molecule has 0 spiro atoms. The first-order valence-corrected chi connectivity index (χ1v) is 7.61. The molecule has 6 heteroatoms. The van der Waals surface area contributed by atoms with E-state index in [1.807, 2.05) is 0 Å². The molecular weight excluding hydrogens is 302 g/mol. The van der Waals surface area contributed by atoms with Crippen molar-refractivity contribution in [3.05, 3.63) is 12.2 Å². The zero-order valence-electron chi connectivity index (χ0n) is 12.6. The molecular formula is C16H30Na2O4. The van der Waals surface area contributed by atoms with E-state index < -0.39 is 17.9 Å². The van der Waals surface area contributed by atoms with Crippen molar-refractivity contribution in [2.24, 2.45) is 5.92 Å². The molecule has 4 nitrogen and oxygen atoms in total. The van der Waals surface area contributed by atoms with Gasteiger partial charge in [0, 0.05) is 0 Å². The quantitative estimate of drug-likeness (QED) is 0.235. The van der Waals surface area contributed by atoms with Gasteiger partial charge in [-0.25, -0.2) is 0 Å². The average Bonchev–Trinajstić information content (AvgIpc) is 2.38. The van der Waals surface area contributed by atoms with Crippen LogP contribution in [0.2, 0.25) is 0 Å². The standard InChI is InChI=1S/C16H28O4.2Na.2H/c1-3-4-5-6-7-8-9-10-11-13(2)12-14(15(17)18)16(19)20;;;;/h14H,2-12H2,1H3,(H,17,18)(H,19,20);;;;. The fourth-order valence-electron chi connectivity index (χ4n) is 2.18. The molecule has 0 aromatic rings. The monoisotopic (exact) mass is 332 g/mol. The van der Waals surface area contributed by atoms with Crippen LogP contribution in [0.4, 0.5) is 0 Å².